The number of carbonyl (C=O) groups is 1. The molecule has 4 nitrogen and oxygen atoms in total. The second kappa shape index (κ2) is 6.08. The molecule has 0 unspecified atom stereocenters. The number of rotatable bonds is 2. The van der Waals surface area contributed by atoms with E-state index < -0.39 is 5.97 Å². The van der Waals surface area contributed by atoms with Gasteiger partial charge >= 0.3 is 5.97 Å². The van der Waals surface area contributed by atoms with Crippen LogP contribution in [0.4, 0.5) is 0 Å². The van der Waals surface area contributed by atoms with Gasteiger partial charge in [-0.1, -0.05) is 18.2 Å². The van der Waals surface area contributed by atoms with Crippen molar-refractivity contribution in [3.05, 3.63) is 54.5 Å². The predicted molar refractivity (Wildman–Crippen MR) is 53.4 cm³/mol. The topological polar surface area (TPSA) is 52.1 Å². The standard InChI is InChI=1S/C11H8N2O2.Rh/c14-11(9-4-2-1-3-5-9)15-10-8-12-6-7-13-10;/h1-8H;. The molecule has 1 heterocycles. The fourth-order valence-electron chi connectivity index (χ4n) is 1.07. The zero-order valence-electron chi connectivity index (χ0n) is 8.16. The molecule has 0 fully saturated rings. The van der Waals surface area contributed by atoms with E-state index in [1.165, 1.54) is 18.6 Å². The van der Waals surface area contributed by atoms with Gasteiger partial charge in [-0.2, -0.15) is 0 Å². The summed E-state index contributed by atoms with van der Waals surface area (Å²) in [6.07, 6.45) is 4.37. The Kier molecular flexibility index (Phi) is 4.74. The van der Waals surface area contributed by atoms with Gasteiger partial charge in [0.15, 0.2) is 0 Å². The summed E-state index contributed by atoms with van der Waals surface area (Å²) in [5.41, 5.74) is 0.489. The first-order chi connectivity index (χ1) is 7.36. The minimum Gasteiger partial charge on any atom is -0.402 e. The second-order valence-corrected chi connectivity index (χ2v) is 2.80. The zero-order valence-corrected chi connectivity index (χ0v) is 9.80. The number of hydrogen-bond acceptors (Lipinski definition) is 4. The van der Waals surface area contributed by atoms with Crippen LogP contribution >= 0.6 is 0 Å². The Labute approximate surface area is 105 Å². The summed E-state index contributed by atoms with van der Waals surface area (Å²) < 4.78 is 4.99. The summed E-state index contributed by atoms with van der Waals surface area (Å²) >= 11 is 0. The van der Waals surface area contributed by atoms with E-state index in [2.05, 4.69) is 9.97 Å². The molecule has 2 aromatic rings. The first-order valence-electron chi connectivity index (χ1n) is 4.39. The molecule has 0 saturated heterocycles. The summed E-state index contributed by atoms with van der Waals surface area (Å²) in [6, 6.07) is 8.73. The van der Waals surface area contributed by atoms with Crippen molar-refractivity contribution in [2.75, 3.05) is 0 Å². The van der Waals surface area contributed by atoms with Gasteiger partial charge in [0, 0.05) is 31.9 Å². The van der Waals surface area contributed by atoms with E-state index in [0.717, 1.165) is 0 Å². The maximum Gasteiger partial charge on any atom is 0.344 e. The summed E-state index contributed by atoms with van der Waals surface area (Å²) in [5, 5.41) is 0. The van der Waals surface area contributed by atoms with Crippen molar-refractivity contribution in [2.45, 2.75) is 0 Å². The third-order valence-corrected chi connectivity index (χ3v) is 1.75. The molecule has 1 aromatic carbocycles. The Morgan fingerprint density at radius 2 is 1.88 bits per heavy atom. The number of ether oxygens (including phenoxy) is 1. The molecule has 16 heavy (non-hydrogen) atoms. The van der Waals surface area contributed by atoms with Gasteiger partial charge in [0.2, 0.25) is 5.88 Å². The van der Waals surface area contributed by atoms with Gasteiger partial charge in [0.1, 0.15) is 0 Å². The van der Waals surface area contributed by atoms with Gasteiger partial charge in [-0.15, -0.1) is 0 Å². The quantitative estimate of drug-likeness (QED) is 0.626. The summed E-state index contributed by atoms with van der Waals surface area (Å²) in [5.74, 6) is -0.234. The molecular weight excluding hydrogens is 295 g/mol. The van der Waals surface area contributed by atoms with Crippen LogP contribution < -0.4 is 4.74 Å². The largest absolute Gasteiger partial charge is 0.402 e. The van der Waals surface area contributed by atoms with Gasteiger partial charge in [-0.3, -0.25) is 4.98 Å². The van der Waals surface area contributed by atoms with Crippen LogP contribution in [-0.4, -0.2) is 15.9 Å². The van der Waals surface area contributed by atoms with Gasteiger partial charge < -0.3 is 4.74 Å². The maximum absolute atomic E-state index is 11.5. The molecule has 0 N–H and O–H groups in total. The minimum absolute atomic E-state index is 0. The van der Waals surface area contributed by atoms with Crippen molar-refractivity contribution in [1.82, 2.24) is 9.97 Å². The third-order valence-electron chi connectivity index (χ3n) is 1.75. The number of nitrogens with zero attached hydrogens (tertiary/aromatic N) is 2. The average Bonchev–Trinajstić information content (AvgIpc) is 2.31. The smallest absolute Gasteiger partial charge is 0.344 e. The average molecular weight is 303 g/mol. The van der Waals surface area contributed by atoms with E-state index >= 15 is 0 Å². The van der Waals surface area contributed by atoms with Crippen LogP contribution in [0.5, 0.6) is 5.88 Å². The molecule has 0 aliphatic rings. The molecule has 1 radical (unpaired) electrons. The SMILES string of the molecule is O=C(Oc1cnccn1)c1ccccc1.[Rh]. The molecule has 2 rings (SSSR count). The van der Waals surface area contributed by atoms with Crippen molar-refractivity contribution in [3.8, 4) is 5.88 Å². The molecule has 0 spiro atoms. The van der Waals surface area contributed by atoms with Crippen LogP contribution in [-0.2, 0) is 19.5 Å². The summed E-state index contributed by atoms with van der Waals surface area (Å²) in [4.78, 5) is 19.2. The molecule has 0 amide bonds. The van der Waals surface area contributed by atoms with Crippen molar-refractivity contribution >= 4 is 5.97 Å². The molecule has 0 atom stereocenters. The minimum atomic E-state index is -0.434. The van der Waals surface area contributed by atoms with E-state index in [-0.39, 0.29) is 25.4 Å². The number of benzene rings is 1. The van der Waals surface area contributed by atoms with Crippen LogP contribution in [0.2, 0.25) is 0 Å². The van der Waals surface area contributed by atoms with E-state index in [4.69, 9.17) is 4.74 Å². The van der Waals surface area contributed by atoms with E-state index in [0.29, 0.717) is 5.56 Å². The third kappa shape index (κ3) is 3.21. The van der Waals surface area contributed by atoms with E-state index in [1.807, 2.05) is 6.07 Å². The zero-order chi connectivity index (χ0) is 10.5. The first-order valence-corrected chi connectivity index (χ1v) is 4.39. The second-order valence-electron chi connectivity index (χ2n) is 2.80. The normalized spacial score (nSPS) is 9.00. The summed E-state index contributed by atoms with van der Waals surface area (Å²) in [7, 11) is 0. The van der Waals surface area contributed by atoms with Gasteiger partial charge in [0.05, 0.1) is 11.8 Å². The number of carbonyl (C=O) groups excluding carboxylic acids is 1. The Balaban J connectivity index is 0.00000128. The Bertz CT molecular complexity index is 448. The molecule has 0 aliphatic heterocycles. The van der Waals surface area contributed by atoms with Crippen LogP contribution in [0, 0.1) is 0 Å². The van der Waals surface area contributed by atoms with Crippen molar-refractivity contribution < 1.29 is 29.0 Å². The van der Waals surface area contributed by atoms with Gasteiger partial charge in [0.25, 0.3) is 0 Å². The van der Waals surface area contributed by atoms with Gasteiger partial charge in [-0.05, 0) is 12.1 Å². The fraction of sp³-hybridized carbons (Fsp3) is 0. The fourth-order valence-corrected chi connectivity index (χ4v) is 1.07. The Morgan fingerprint density at radius 3 is 2.50 bits per heavy atom. The summed E-state index contributed by atoms with van der Waals surface area (Å²) in [6.45, 7) is 0. The number of esters is 1. The van der Waals surface area contributed by atoms with Gasteiger partial charge in [-0.25, -0.2) is 9.78 Å². The van der Waals surface area contributed by atoms with E-state index in [9.17, 15) is 4.79 Å². The Morgan fingerprint density at radius 1 is 1.12 bits per heavy atom. The number of aromatic nitrogens is 2. The molecular formula is C11H8N2O2Rh. The molecule has 0 aliphatic carbocycles. The molecule has 83 valence electrons. The molecule has 0 bridgehead atoms. The van der Waals surface area contributed by atoms with Crippen LogP contribution in [0.25, 0.3) is 0 Å². The number of hydrogen-bond donors (Lipinski definition) is 0. The maximum atomic E-state index is 11.5. The van der Waals surface area contributed by atoms with Crippen LogP contribution in [0.1, 0.15) is 10.4 Å². The predicted octanol–water partition coefficient (Wildman–Crippen LogP) is 1.69. The molecule has 1 aromatic heterocycles. The first kappa shape index (κ1) is 12.5. The van der Waals surface area contributed by atoms with Crippen LogP contribution in [0.3, 0.4) is 0 Å². The van der Waals surface area contributed by atoms with Crippen molar-refractivity contribution in [2.24, 2.45) is 0 Å². The van der Waals surface area contributed by atoms with E-state index in [1.54, 1.807) is 24.3 Å². The van der Waals surface area contributed by atoms with Crippen molar-refractivity contribution in [1.29, 1.82) is 0 Å². The Hall–Kier alpha value is -1.61. The van der Waals surface area contributed by atoms with Crippen molar-refractivity contribution in [3.63, 3.8) is 0 Å². The van der Waals surface area contributed by atoms with Crippen LogP contribution in [0.15, 0.2) is 48.9 Å². The molecule has 5 heteroatoms. The molecule has 0 saturated carbocycles. The monoisotopic (exact) mass is 303 g/mol.